The summed E-state index contributed by atoms with van der Waals surface area (Å²) in [5, 5.41) is 0. The van der Waals surface area contributed by atoms with Crippen molar-refractivity contribution in [2.24, 2.45) is 5.73 Å². The maximum atomic E-state index is 6.22. The fourth-order valence-electron chi connectivity index (χ4n) is 2.32. The molecule has 1 heterocycles. The number of ether oxygens (including phenoxy) is 3. The summed E-state index contributed by atoms with van der Waals surface area (Å²) in [6.45, 7) is 1.39. The molecule has 0 atom stereocenters. The third kappa shape index (κ3) is 2.12. The molecule has 1 saturated carbocycles. The van der Waals surface area contributed by atoms with E-state index in [0.717, 1.165) is 48.5 Å². The lowest BCUT2D eigenvalue weighted by molar-refractivity contribution is 0.295. The highest BCUT2D eigenvalue weighted by atomic mass is 16.5. The normalized spacial score (nSPS) is 20.1. The van der Waals surface area contributed by atoms with Gasteiger partial charge >= 0.3 is 0 Å². The average molecular weight is 249 g/mol. The molecule has 2 N–H and O–H groups in total. The molecule has 0 saturated heterocycles. The monoisotopic (exact) mass is 249 g/mol. The van der Waals surface area contributed by atoms with Gasteiger partial charge in [-0.1, -0.05) is 0 Å². The molecule has 0 amide bonds. The van der Waals surface area contributed by atoms with E-state index >= 15 is 0 Å². The molecule has 0 spiro atoms. The Kier molecular flexibility index (Phi) is 2.82. The van der Waals surface area contributed by atoms with E-state index in [9.17, 15) is 0 Å². The third-order valence-corrected chi connectivity index (χ3v) is 3.62. The topological polar surface area (TPSA) is 53.7 Å². The van der Waals surface area contributed by atoms with Crippen molar-refractivity contribution in [3.8, 4) is 17.2 Å². The molecule has 0 aromatic heterocycles. The Labute approximate surface area is 107 Å². The van der Waals surface area contributed by atoms with Crippen LogP contribution in [0.4, 0.5) is 0 Å². The van der Waals surface area contributed by atoms with Crippen LogP contribution in [0.5, 0.6) is 17.2 Å². The minimum Gasteiger partial charge on any atom is -0.496 e. The number of hydrogen-bond acceptors (Lipinski definition) is 4. The largest absolute Gasteiger partial charge is 0.496 e. The molecule has 18 heavy (non-hydrogen) atoms. The van der Waals surface area contributed by atoms with Crippen LogP contribution in [0, 0.1) is 0 Å². The van der Waals surface area contributed by atoms with Crippen molar-refractivity contribution in [2.45, 2.75) is 31.2 Å². The van der Waals surface area contributed by atoms with Crippen LogP contribution in [-0.2, 0) is 6.42 Å². The van der Waals surface area contributed by atoms with Gasteiger partial charge in [0.2, 0.25) is 0 Å². The third-order valence-electron chi connectivity index (χ3n) is 3.62. The van der Waals surface area contributed by atoms with Gasteiger partial charge in [0.1, 0.15) is 5.75 Å². The van der Waals surface area contributed by atoms with Crippen LogP contribution >= 0.6 is 0 Å². The first-order valence-corrected chi connectivity index (χ1v) is 6.46. The molecule has 98 valence electrons. The zero-order chi connectivity index (χ0) is 12.6. The van der Waals surface area contributed by atoms with Crippen LogP contribution in [0.15, 0.2) is 12.1 Å². The van der Waals surface area contributed by atoms with E-state index in [-0.39, 0.29) is 5.54 Å². The Bertz CT molecular complexity index is 455. The summed E-state index contributed by atoms with van der Waals surface area (Å²) in [5.74, 6) is 2.48. The Hall–Kier alpha value is -1.42. The van der Waals surface area contributed by atoms with E-state index in [4.69, 9.17) is 19.9 Å². The Morgan fingerprint density at radius 3 is 2.78 bits per heavy atom. The minimum atomic E-state index is -0.0714. The van der Waals surface area contributed by atoms with Crippen LogP contribution < -0.4 is 19.9 Å². The molecule has 1 fully saturated rings. The maximum Gasteiger partial charge on any atom is 0.168 e. The van der Waals surface area contributed by atoms with Gasteiger partial charge in [-0.3, -0.25) is 0 Å². The zero-order valence-electron chi connectivity index (χ0n) is 10.7. The van der Waals surface area contributed by atoms with Crippen LogP contribution in [0.2, 0.25) is 0 Å². The van der Waals surface area contributed by atoms with E-state index in [0.29, 0.717) is 13.2 Å². The van der Waals surface area contributed by atoms with Crippen molar-refractivity contribution in [2.75, 3.05) is 20.3 Å². The van der Waals surface area contributed by atoms with Gasteiger partial charge in [0.05, 0.1) is 20.3 Å². The molecule has 1 aromatic rings. The van der Waals surface area contributed by atoms with Gasteiger partial charge in [-0.25, -0.2) is 0 Å². The first-order chi connectivity index (χ1) is 8.72. The fourth-order valence-corrected chi connectivity index (χ4v) is 2.32. The summed E-state index contributed by atoms with van der Waals surface area (Å²) in [7, 11) is 1.68. The Morgan fingerprint density at radius 2 is 2.06 bits per heavy atom. The molecule has 1 aliphatic heterocycles. The molecule has 0 bridgehead atoms. The summed E-state index contributed by atoms with van der Waals surface area (Å²) >= 11 is 0. The molecular formula is C14H19NO3. The molecule has 4 heteroatoms. The number of fused-ring (bicyclic) bond motifs is 1. The van der Waals surface area contributed by atoms with E-state index in [1.807, 2.05) is 12.1 Å². The van der Waals surface area contributed by atoms with E-state index in [1.165, 1.54) is 0 Å². The fraction of sp³-hybridized carbons (Fsp3) is 0.571. The quantitative estimate of drug-likeness (QED) is 0.888. The van der Waals surface area contributed by atoms with Gasteiger partial charge in [0, 0.05) is 17.5 Å². The van der Waals surface area contributed by atoms with Gasteiger partial charge in [0.25, 0.3) is 0 Å². The minimum absolute atomic E-state index is 0.0714. The number of benzene rings is 1. The van der Waals surface area contributed by atoms with Crippen molar-refractivity contribution >= 4 is 0 Å². The van der Waals surface area contributed by atoms with Crippen LogP contribution in [-0.4, -0.2) is 25.9 Å². The summed E-state index contributed by atoms with van der Waals surface area (Å²) in [6.07, 6.45) is 3.84. The van der Waals surface area contributed by atoms with E-state index in [1.54, 1.807) is 7.11 Å². The number of rotatable bonds is 3. The smallest absolute Gasteiger partial charge is 0.168 e. The van der Waals surface area contributed by atoms with Crippen molar-refractivity contribution < 1.29 is 14.2 Å². The van der Waals surface area contributed by atoms with Crippen LogP contribution in [0.1, 0.15) is 24.8 Å². The Balaban J connectivity index is 2.01. The second kappa shape index (κ2) is 4.35. The number of nitrogens with two attached hydrogens (primary N) is 1. The standard InChI is InChI=1S/C14H19NO3/c1-16-11-3-4-12-13(18-8-2-7-17-12)10(11)9-14(15)5-6-14/h3-4H,2,5-9,15H2,1H3. The summed E-state index contributed by atoms with van der Waals surface area (Å²) in [6, 6.07) is 3.85. The van der Waals surface area contributed by atoms with Gasteiger partial charge < -0.3 is 19.9 Å². The highest BCUT2D eigenvalue weighted by molar-refractivity contribution is 5.55. The van der Waals surface area contributed by atoms with Crippen LogP contribution in [0.25, 0.3) is 0 Å². The van der Waals surface area contributed by atoms with Crippen molar-refractivity contribution in [3.05, 3.63) is 17.7 Å². The van der Waals surface area contributed by atoms with Crippen molar-refractivity contribution in [1.29, 1.82) is 0 Å². The second-order valence-electron chi connectivity index (χ2n) is 5.16. The summed E-state index contributed by atoms with van der Waals surface area (Å²) in [4.78, 5) is 0. The lowest BCUT2D eigenvalue weighted by atomic mass is 10.0. The van der Waals surface area contributed by atoms with E-state index < -0.39 is 0 Å². The van der Waals surface area contributed by atoms with Gasteiger partial charge in [0.15, 0.2) is 11.5 Å². The molecule has 0 radical (unpaired) electrons. The highest BCUT2D eigenvalue weighted by Crippen LogP contribution is 2.45. The highest BCUT2D eigenvalue weighted by Gasteiger charge is 2.40. The SMILES string of the molecule is COc1ccc2c(c1CC1(N)CC1)OCCCO2. The predicted molar refractivity (Wildman–Crippen MR) is 68.5 cm³/mol. The molecule has 0 unspecified atom stereocenters. The van der Waals surface area contributed by atoms with Gasteiger partial charge in [-0.2, -0.15) is 0 Å². The lowest BCUT2D eigenvalue weighted by Gasteiger charge is -2.18. The first kappa shape index (κ1) is 11.7. The van der Waals surface area contributed by atoms with Crippen LogP contribution in [0.3, 0.4) is 0 Å². The number of hydrogen-bond donors (Lipinski definition) is 1. The number of methoxy groups -OCH3 is 1. The van der Waals surface area contributed by atoms with Crippen molar-refractivity contribution in [3.63, 3.8) is 0 Å². The molecular weight excluding hydrogens is 230 g/mol. The van der Waals surface area contributed by atoms with Gasteiger partial charge in [-0.05, 0) is 31.4 Å². The first-order valence-electron chi connectivity index (χ1n) is 6.46. The second-order valence-corrected chi connectivity index (χ2v) is 5.16. The average Bonchev–Trinajstić information content (AvgIpc) is 3.12. The Morgan fingerprint density at radius 1 is 1.28 bits per heavy atom. The zero-order valence-corrected chi connectivity index (χ0v) is 10.7. The molecule has 4 nitrogen and oxygen atoms in total. The lowest BCUT2D eigenvalue weighted by Crippen LogP contribution is -2.25. The molecule has 2 aliphatic rings. The van der Waals surface area contributed by atoms with Crippen molar-refractivity contribution in [1.82, 2.24) is 0 Å². The summed E-state index contributed by atoms with van der Waals surface area (Å²) < 4.78 is 17.0. The molecule has 3 rings (SSSR count). The molecule has 1 aliphatic carbocycles. The predicted octanol–water partition coefficient (Wildman–Crippen LogP) is 1.89. The van der Waals surface area contributed by atoms with Gasteiger partial charge in [-0.15, -0.1) is 0 Å². The maximum absolute atomic E-state index is 6.22. The molecule has 1 aromatic carbocycles. The van der Waals surface area contributed by atoms with E-state index in [2.05, 4.69) is 0 Å². The summed E-state index contributed by atoms with van der Waals surface area (Å²) in [5.41, 5.74) is 7.20.